The Balaban J connectivity index is 1.55. The van der Waals surface area contributed by atoms with Crippen LogP contribution in [0.4, 0.5) is 5.69 Å². The second-order valence-corrected chi connectivity index (χ2v) is 6.56. The molecular weight excluding hydrogens is 376 g/mol. The van der Waals surface area contributed by atoms with Gasteiger partial charge < -0.3 is 10.1 Å². The van der Waals surface area contributed by atoms with Gasteiger partial charge >= 0.3 is 5.97 Å². The Morgan fingerprint density at radius 1 is 1.31 bits per heavy atom. The van der Waals surface area contributed by atoms with Gasteiger partial charge in [-0.25, -0.2) is 9.67 Å². The molecule has 0 fully saturated rings. The molecule has 0 radical (unpaired) electrons. The molecule has 0 saturated heterocycles. The van der Waals surface area contributed by atoms with Crippen molar-refractivity contribution in [2.45, 2.75) is 12.8 Å². The molecule has 0 spiro atoms. The maximum absolute atomic E-state index is 12.1. The molecule has 1 aromatic carbocycles. The molecule has 0 aliphatic carbocycles. The Kier molecular flexibility index (Phi) is 5.98. The number of carbonyl (C=O) groups excluding carboxylic acids is 2. The third-order valence-corrected chi connectivity index (χ3v) is 4.43. The summed E-state index contributed by atoms with van der Waals surface area (Å²) in [6, 6.07) is 6.93. The van der Waals surface area contributed by atoms with Gasteiger partial charge in [0.1, 0.15) is 12.7 Å². The van der Waals surface area contributed by atoms with Crippen molar-refractivity contribution in [3.63, 3.8) is 0 Å². The molecule has 2 heterocycles. The lowest BCUT2D eigenvalue weighted by molar-refractivity contribution is -0.147. The molecule has 3 rings (SSSR count). The minimum absolute atomic E-state index is 0.228. The maximum Gasteiger partial charge on any atom is 0.306 e. The van der Waals surface area contributed by atoms with Crippen LogP contribution in [-0.2, 0) is 20.7 Å². The Labute approximate surface area is 158 Å². The molecular formula is C17H15ClN4O3S. The van der Waals surface area contributed by atoms with Crippen LogP contribution in [0.15, 0.2) is 47.7 Å². The number of amides is 1. The predicted octanol–water partition coefficient (Wildman–Crippen LogP) is 3.10. The third-order valence-electron chi connectivity index (χ3n) is 3.46. The fourth-order valence-corrected chi connectivity index (χ4v) is 3.10. The smallest absolute Gasteiger partial charge is 0.306 e. The van der Waals surface area contributed by atoms with Crippen LogP contribution in [-0.4, -0.2) is 33.2 Å². The van der Waals surface area contributed by atoms with Crippen LogP contribution < -0.4 is 5.32 Å². The standard InChI is InChI=1S/C17H15ClN4O3S/c18-13-2-3-15(22-11-19-10-20-22)14(7-13)21-16(23)8-25-17(24)4-1-12-5-6-26-9-12/h2-3,5-7,9-11H,1,4,8H2,(H,21,23). The van der Waals surface area contributed by atoms with Crippen molar-refractivity contribution in [1.82, 2.24) is 14.8 Å². The van der Waals surface area contributed by atoms with E-state index >= 15 is 0 Å². The molecule has 0 atom stereocenters. The first-order valence-electron chi connectivity index (χ1n) is 7.73. The third kappa shape index (κ3) is 4.90. The molecule has 1 N–H and O–H groups in total. The zero-order chi connectivity index (χ0) is 18.4. The highest BCUT2D eigenvalue weighted by molar-refractivity contribution is 7.07. The molecule has 1 amide bonds. The van der Waals surface area contributed by atoms with Crippen molar-refractivity contribution in [2.75, 3.05) is 11.9 Å². The van der Waals surface area contributed by atoms with Crippen molar-refractivity contribution in [3.05, 3.63) is 58.3 Å². The predicted molar refractivity (Wildman–Crippen MR) is 98.6 cm³/mol. The van der Waals surface area contributed by atoms with Gasteiger partial charge in [-0.3, -0.25) is 9.59 Å². The van der Waals surface area contributed by atoms with Gasteiger partial charge in [-0.15, -0.1) is 0 Å². The summed E-state index contributed by atoms with van der Waals surface area (Å²) in [5, 5.41) is 11.1. The first-order valence-corrected chi connectivity index (χ1v) is 9.05. The molecule has 26 heavy (non-hydrogen) atoms. The van der Waals surface area contributed by atoms with E-state index in [1.807, 2.05) is 16.8 Å². The first-order chi connectivity index (χ1) is 12.6. The minimum atomic E-state index is -0.461. The summed E-state index contributed by atoms with van der Waals surface area (Å²) >= 11 is 7.57. The normalized spacial score (nSPS) is 10.5. The number of esters is 1. The van der Waals surface area contributed by atoms with E-state index in [2.05, 4.69) is 15.4 Å². The number of carbonyl (C=O) groups is 2. The number of halogens is 1. The van der Waals surface area contributed by atoms with Crippen LogP contribution in [0.2, 0.25) is 5.02 Å². The van der Waals surface area contributed by atoms with Crippen molar-refractivity contribution in [2.24, 2.45) is 0 Å². The largest absolute Gasteiger partial charge is 0.456 e. The van der Waals surface area contributed by atoms with Crippen molar-refractivity contribution < 1.29 is 14.3 Å². The molecule has 134 valence electrons. The number of nitrogens with zero attached hydrogens (tertiary/aromatic N) is 3. The van der Waals surface area contributed by atoms with Gasteiger partial charge in [-0.05, 0) is 47.0 Å². The number of rotatable bonds is 7. The maximum atomic E-state index is 12.1. The molecule has 2 aromatic heterocycles. The van der Waals surface area contributed by atoms with Crippen molar-refractivity contribution >= 4 is 40.5 Å². The zero-order valence-corrected chi connectivity index (χ0v) is 15.2. The summed E-state index contributed by atoms with van der Waals surface area (Å²) in [6.45, 7) is -0.369. The van der Waals surface area contributed by atoms with Gasteiger partial charge in [0.05, 0.1) is 11.4 Å². The first kappa shape index (κ1) is 18.1. The SMILES string of the molecule is O=C(COC(=O)CCc1ccsc1)Nc1cc(Cl)ccc1-n1cncn1. The highest BCUT2D eigenvalue weighted by Crippen LogP contribution is 2.23. The number of hydrogen-bond acceptors (Lipinski definition) is 6. The minimum Gasteiger partial charge on any atom is -0.456 e. The second kappa shape index (κ2) is 8.59. The summed E-state index contributed by atoms with van der Waals surface area (Å²) in [7, 11) is 0. The van der Waals surface area contributed by atoms with Crippen LogP contribution in [0.1, 0.15) is 12.0 Å². The lowest BCUT2D eigenvalue weighted by Gasteiger charge is -2.11. The molecule has 7 nitrogen and oxygen atoms in total. The Bertz CT molecular complexity index is 882. The van der Waals surface area contributed by atoms with E-state index in [1.54, 1.807) is 29.5 Å². The topological polar surface area (TPSA) is 86.1 Å². The van der Waals surface area contributed by atoms with Crippen LogP contribution >= 0.6 is 22.9 Å². The van der Waals surface area contributed by atoms with E-state index in [0.29, 0.717) is 22.8 Å². The Hall–Kier alpha value is -2.71. The number of aromatic nitrogens is 3. The molecule has 0 aliphatic heterocycles. The number of benzene rings is 1. The van der Waals surface area contributed by atoms with Gasteiger partial charge in [0.2, 0.25) is 0 Å². The average Bonchev–Trinajstić information content (AvgIpc) is 3.32. The van der Waals surface area contributed by atoms with Crippen molar-refractivity contribution in [3.8, 4) is 5.69 Å². The second-order valence-electron chi connectivity index (χ2n) is 5.34. The number of thiophene rings is 1. The number of aryl methyl sites for hydroxylation is 1. The fraction of sp³-hybridized carbons (Fsp3) is 0.176. The Morgan fingerprint density at radius 2 is 2.19 bits per heavy atom. The molecule has 0 unspecified atom stereocenters. The van der Waals surface area contributed by atoms with Gasteiger partial charge in [-0.2, -0.15) is 16.4 Å². The van der Waals surface area contributed by atoms with Crippen LogP contribution in [0, 0.1) is 0 Å². The fourth-order valence-electron chi connectivity index (χ4n) is 2.23. The van der Waals surface area contributed by atoms with Crippen LogP contribution in [0.3, 0.4) is 0 Å². The van der Waals surface area contributed by atoms with Gasteiger partial charge in [0.25, 0.3) is 5.91 Å². The summed E-state index contributed by atoms with van der Waals surface area (Å²) in [5.74, 6) is -0.883. The van der Waals surface area contributed by atoms with E-state index in [4.69, 9.17) is 16.3 Å². The summed E-state index contributed by atoms with van der Waals surface area (Å²) in [6.07, 6.45) is 3.71. The summed E-state index contributed by atoms with van der Waals surface area (Å²) in [5.41, 5.74) is 2.12. The van der Waals surface area contributed by atoms with E-state index in [0.717, 1.165) is 5.56 Å². The lowest BCUT2D eigenvalue weighted by Crippen LogP contribution is -2.22. The molecule has 9 heteroatoms. The van der Waals surface area contributed by atoms with Gasteiger partial charge in [0, 0.05) is 11.4 Å². The monoisotopic (exact) mass is 390 g/mol. The number of ether oxygens (including phenoxy) is 1. The van der Waals surface area contributed by atoms with E-state index < -0.39 is 11.9 Å². The van der Waals surface area contributed by atoms with E-state index in [9.17, 15) is 9.59 Å². The zero-order valence-electron chi connectivity index (χ0n) is 13.6. The average molecular weight is 391 g/mol. The highest BCUT2D eigenvalue weighted by atomic mass is 35.5. The van der Waals surface area contributed by atoms with Gasteiger partial charge in [0.15, 0.2) is 6.61 Å². The quantitative estimate of drug-likeness (QED) is 0.626. The summed E-state index contributed by atoms with van der Waals surface area (Å²) in [4.78, 5) is 27.7. The summed E-state index contributed by atoms with van der Waals surface area (Å²) < 4.78 is 6.52. The van der Waals surface area contributed by atoms with E-state index in [1.165, 1.54) is 17.3 Å². The lowest BCUT2D eigenvalue weighted by atomic mass is 10.2. The number of nitrogens with one attached hydrogen (secondary N) is 1. The van der Waals surface area contributed by atoms with E-state index in [-0.39, 0.29) is 13.0 Å². The molecule has 0 saturated carbocycles. The molecule has 0 aliphatic rings. The highest BCUT2D eigenvalue weighted by Gasteiger charge is 2.12. The number of hydrogen-bond donors (Lipinski definition) is 1. The van der Waals surface area contributed by atoms with Crippen molar-refractivity contribution in [1.29, 1.82) is 0 Å². The number of anilines is 1. The molecule has 3 aromatic rings. The van der Waals surface area contributed by atoms with Crippen LogP contribution in [0.5, 0.6) is 0 Å². The van der Waals surface area contributed by atoms with Crippen LogP contribution in [0.25, 0.3) is 5.69 Å². The Morgan fingerprint density at radius 3 is 2.92 bits per heavy atom. The van der Waals surface area contributed by atoms with Gasteiger partial charge in [-0.1, -0.05) is 11.6 Å². The molecule has 0 bridgehead atoms.